The number of hydrogen-bond donors (Lipinski definition) is 2. The van der Waals surface area contributed by atoms with Crippen molar-refractivity contribution in [1.82, 2.24) is 20.8 Å². The van der Waals surface area contributed by atoms with Gasteiger partial charge in [0.25, 0.3) is 5.22 Å². The standard InChI is InChI=1S/C16H17BrN4O3S/c17-11-6-4-10(5-7-11)15-20-21-16(24-15)25-9-13(22)19-12-3-1-2-8-18-14(12)23/h4-7,12H,1-3,8-9H2,(H,18,23)(H,19,22). The summed E-state index contributed by atoms with van der Waals surface area (Å²) < 4.78 is 6.52. The summed E-state index contributed by atoms with van der Waals surface area (Å²) in [5, 5.41) is 13.8. The molecule has 1 atom stereocenters. The minimum atomic E-state index is -0.461. The molecule has 0 aliphatic carbocycles. The van der Waals surface area contributed by atoms with Crippen molar-refractivity contribution in [1.29, 1.82) is 0 Å². The number of nitrogens with zero attached hydrogens (tertiary/aromatic N) is 2. The first-order chi connectivity index (χ1) is 12.1. The summed E-state index contributed by atoms with van der Waals surface area (Å²) >= 11 is 4.52. The van der Waals surface area contributed by atoms with Gasteiger partial charge in [-0.2, -0.15) is 0 Å². The summed E-state index contributed by atoms with van der Waals surface area (Å²) in [4.78, 5) is 23.9. The molecule has 1 aliphatic heterocycles. The summed E-state index contributed by atoms with van der Waals surface area (Å²) in [6.07, 6.45) is 2.52. The molecule has 2 amide bonds. The van der Waals surface area contributed by atoms with E-state index < -0.39 is 6.04 Å². The Morgan fingerprint density at radius 2 is 2.12 bits per heavy atom. The first-order valence-corrected chi connectivity index (χ1v) is 9.69. The van der Waals surface area contributed by atoms with Crippen molar-refractivity contribution in [2.45, 2.75) is 30.5 Å². The van der Waals surface area contributed by atoms with Crippen LogP contribution in [-0.2, 0) is 9.59 Å². The van der Waals surface area contributed by atoms with E-state index in [0.29, 0.717) is 24.1 Å². The van der Waals surface area contributed by atoms with E-state index in [1.807, 2.05) is 24.3 Å². The molecule has 0 saturated carbocycles. The zero-order chi connectivity index (χ0) is 17.6. The average Bonchev–Trinajstić information content (AvgIpc) is 2.99. The van der Waals surface area contributed by atoms with Gasteiger partial charge in [0.15, 0.2) is 0 Å². The van der Waals surface area contributed by atoms with Crippen LogP contribution in [0.5, 0.6) is 0 Å². The fourth-order valence-electron chi connectivity index (χ4n) is 2.42. The van der Waals surface area contributed by atoms with E-state index in [4.69, 9.17) is 4.42 Å². The Morgan fingerprint density at radius 1 is 1.32 bits per heavy atom. The summed E-state index contributed by atoms with van der Waals surface area (Å²) in [5.41, 5.74) is 0.808. The molecule has 0 bridgehead atoms. The molecule has 0 spiro atoms. The lowest BCUT2D eigenvalue weighted by atomic mass is 10.1. The van der Waals surface area contributed by atoms with E-state index in [9.17, 15) is 9.59 Å². The van der Waals surface area contributed by atoms with Crippen molar-refractivity contribution >= 4 is 39.5 Å². The molecule has 132 valence electrons. The Morgan fingerprint density at radius 3 is 2.92 bits per heavy atom. The highest BCUT2D eigenvalue weighted by atomic mass is 79.9. The van der Waals surface area contributed by atoms with Crippen LogP contribution in [0.3, 0.4) is 0 Å². The van der Waals surface area contributed by atoms with Gasteiger partial charge in [0.05, 0.1) is 5.75 Å². The first kappa shape index (κ1) is 17.9. The predicted octanol–water partition coefficient (Wildman–Crippen LogP) is 2.38. The number of benzene rings is 1. The number of nitrogens with one attached hydrogen (secondary N) is 2. The lowest BCUT2D eigenvalue weighted by molar-refractivity contribution is -0.127. The van der Waals surface area contributed by atoms with Gasteiger partial charge in [0.2, 0.25) is 17.7 Å². The number of carbonyl (C=O) groups is 2. The maximum Gasteiger partial charge on any atom is 0.277 e. The minimum Gasteiger partial charge on any atom is -0.411 e. The van der Waals surface area contributed by atoms with E-state index in [-0.39, 0.29) is 17.6 Å². The molecule has 25 heavy (non-hydrogen) atoms. The van der Waals surface area contributed by atoms with E-state index in [1.165, 1.54) is 0 Å². The van der Waals surface area contributed by atoms with Gasteiger partial charge < -0.3 is 15.1 Å². The third kappa shape index (κ3) is 5.05. The van der Waals surface area contributed by atoms with Crippen molar-refractivity contribution in [3.05, 3.63) is 28.7 Å². The van der Waals surface area contributed by atoms with Gasteiger partial charge in [-0.05, 0) is 43.5 Å². The second kappa shape index (κ2) is 8.48. The van der Waals surface area contributed by atoms with E-state index in [2.05, 4.69) is 36.8 Å². The zero-order valence-electron chi connectivity index (χ0n) is 13.3. The van der Waals surface area contributed by atoms with Crippen molar-refractivity contribution in [3.63, 3.8) is 0 Å². The number of hydrogen-bond acceptors (Lipinski definition) is 6. The molecule has 1 aliphatic rings. The van der Waals surface area contributed by atoms with E-state index in [1.54, 1.807) is 0 Å². The number of rotatable bonds is 5. The normalized spacial score (nSPS) is 17.6. The van der Waals surface area contributed by atoms with Gasteiger partial charge in [0.1, 0.15) is 6.04 Å². The van der Waals surface area contributed by atoms with Crippen LogP contribution in [0.25, 0.3) is 11.5 Å². The van der Waals surface area contributed by atoms with Crippen molar-refractivity contribution in [2.24, 2.45) is 0 Å². The van der Waals surface area contributed by atoms with Gasteiger partial charge >= 0.3 is 0 Å². The molecule has 1 fully saturated rings. The molecule has 0 radical (unpaired) electrons. The van der Waals surface area contributed by atoms with Crippen molar-refractivity contribution < 1.29 is 14.0 Å². The quantitative estimate of drug-likeness (QED) is 0.715. The molecule has 7 nitrogen and oxygen atoms in total. The van der Waals surface area contributed by atoms with Gasteiger partial charge in [-0.25, -0.2) is 0 Å². The fourth-order valence-corrected chi connectivity index (χ4v) is 3.26. The Hall–Kier alpha value is -1.87. The number of thioether (sulfide) groups is 1. The van der Waals surface area contributed by atoms with Gasteiger partial charge in [-0.3, -0.25) is 9.59 Å². The minimum absolute atomic E-state index is 0.117. The van der Waals surface area contributed by atoms with Crippen LogP contribution >= 0.6 is 27.7 Å². The lowest BCUT2D eigenvalue weighted by Gasteiger charge is -2.14. The maximum absolute atomic E-state index is 12.0. The zero-order valence-corrected chi connectivity index (χ0v) is 15.7. The molecule has 2 heterocycles. The predicted molar refractivity (Wildman–Crippen MR) is 96.9 cm³/mol. The van der Waals surface area contributed by atoms with Crippen LogP contribution in [0.4, 0.5) is 0 Å². The molecule has 1 saturated heterocycles. The molecule has 2 aromatic rings. The van der Waals surface area contributed by atoms with Crippen LogP contribution in [0.15, 0.2) is 38.4 Å². The number of halogens is 1. The highest BCUT2D eigenvalue weighted by Gasteiger charge is 2.22. The number of aromatic nitrogens is 2. The van der Waals surface area contributed by atoms with Crippen LogP contribution in [0.2, 0.25) is 0 Å². The third-order valence-electron chi connectivity index (χ3n) is 3.69. The Bertz CT molecular complexity index is 750. The Balaban J connectivity index is 1.52. The molecule has 1 unspecified atom stereocenters. The van der Waals surface area contributed by atoms with E-state index >= 15 is 0 Å². The van der Waals surface area contributed by atoms with Crippen LogP contribution < -0.4 is 10.6 Å². The fraction of sp³-hybridized carbons (Fsp3) is 0.375. The first-order valence-electron chi connectivity index (χ1n) is 7.91. The number of carbonyl (C=O) groups excluding carboxylic acids is 2. The molecule has 2 N–H and O–H groups in total. The molecule has 9 heteroatoms. The van der Waals surface area contributed by atoms with Gasteiger partial charge in [-0.1, -0.05) is 27.7 Å². The molecule has 1 aromatic heterocycles. The van der Waals surface area contributed by atoms with Crippen LogP contribution in [-0.4, -0.2) is 40.4 Å². The summed E-state index contributed by atoms with van der Waals surface area (Å²) in [7, 11) is 0. The second-order valence-corrected chi connectivity index (χ2v) is 7.42. The average molecular weight is 425 g/mol. The van der Waals surface area contributed by atoms with E-state index in [0.717, 1.165) is 34.6 Å². The van der Waals surface area contributed by atoms with Crippen LogP contribution in [0, 0.1) is 0 Å². The van der Waals surface area contributed by atoms with Crippen molar-refractivity contribution in [2.75, 3.05) is 12.3 Å². The van der Waals surface area contributed by atoms with Gasteiger partial charge in [0, 0.05) is 16.6 Å². The monoisotopic (exact) mass is 424 g/mol. The van der Waals surface area contributed by atoms with Gasteiger partial charge in [-0.15, -0.1) is 10.2 Å². The summed E-state index contributed by atoms with van der Waals surface area (Å²) in [6, 6.07) is 7.04. The smallest absolute Gasteiger partial charge is 0.277 e. The molecule has 1 aromatic carbocycles. The highest BCUT2D eigenvalue weighted by Crippen LogP contribution is 2.24. The lowest BCUT2D eigenvalue weighted by Crippen LogP contribution is -2.46. The summed E-state index contributed by atoms with van der Waals surface area (Å²) in [5.74, 6) is 0.173. The van der Waals surface area contributed by atoms with Crippen molar-refractivity contribution in [3.8, 4) is 11.5 Å². The topological polar surface area (TPSA) is 97.1 Å². The Labute approximate surface area is 157 Å². The molecular weight excluding hydrogens is 408 g/mol. The SMILES string of the molecule is O=C(CSc1nnc(-c2ccc(Br)cc2)o1)NC1CCCCNC1=O. The Kier molecular flexibility index (Phi) is 6.09. The number of amides is 2. The third-order valence-corrected chi connectivity index (χ3v) is 5.04. The molecular formula is C16H17BrN4O3S. The maximum atomic E-state index is 12.0. The largest absolute Gasteiger partial charge is 0.411 e. The van der Waals surface area contributed by atoms with Crippen LogP contribution in [0.1, 0.15) is 19.3 Å². The summed E-state index contributed by atoms with van der Waals surface area (Å²) in [6.45, 7) is 0.667. The second-order valence-electron chi connectivity index (χ2n) is 5.58. The highest BCUT2D eigenvalue weighted by molar-refractivity contribution is 9.10. The molecule has 3 rings (SSSR count).